The summed E-state index contributed by atoms with van der Waals surface area (Å²) >= 11 is 12.1. The Morgan fingerprint density at radius 2 is 1.81 bits per heavy atom. The SMILES string of the molecule is CC(N)C1CCN(S(=O)(=O)Cc2c(Cl)cccc2Cl)CC1. The number of nitrogens with two attached hydrogens (primary N) is 1. The number of hydrogen-bond acceptors (Lipinski definition) is 3. The summed E-state index contributed by atoms with van der Waals surface area (Å²) < 4.78 is 26.5. The van der Waals surface area contributed by atoms with E-state index >= 15 is 0 Å². The van der Waals surface area contributed by atoms with E-state index in [1.807, 2.05) is 6.92 Å². The van der Waals surface area contributed by atoms with Crippen LogP contribution < -0.4 is 5.73 Å². The third-order valence-corrected chi connectivity index (χ3v) is 6.54. The molecule has 4 nitrogen and oxygen atoms in total. The zero-order chi connectivity index (χ0) is 15.6. The van der Waals surface area contributed by atoms with E-state index in [2.05, 4.69) is 0 Å². The van der Waals surface area contributed by atoms with Gasteiger partial charge in [0.1, 0.15) is 0 Å². The van der Waals surface area contributed by atoms with Crippen LogP contribution in [0.2, 0.25) is 10.0 Å². The number of hydrogen-bond donors (Lipinski definition) is 1. The first-order valence-corrected chi connectivity index (χ1v) is 9.34. The highest BCUT2D eigenvalue weighted by molar-refractivity contribution is 7.88. The lowest BCUT2D eigenvalue weighted by atomic mass is 9.92. The Hall–Kier alpha value is -0.330. The van der Waals surface area contributed by atoms with Gasteiger partial charge in [-0.1, -0.05) is 29.3 Å². The normalized spacial score (nSPS) is 19.6. The van der Waals surface area contributed by atoms with Crippen LogP contribution in [0.5, 0.6) is 0 Å². The predicted molar refractivity (Wildman–Crippen MR) is 87.0 cm³/mol. The van der Waals surface area contributed by atoms with Gasteiger partial charge in [-0.15, -0.1) is 0 Å². The van der Waals surface area contributed by atoms with Crippen molar-refractivity contribution in [2.45, 2.75) is 31.6 Å². The smallest absolute Gasteiger partial charge is 0.218 e. The topological polar surface area (TPSA) is 63.4 Å². The number of halogens is 2. The molecular formula is C14H20Cl2N2O2S. The molecule has 1 fully saturated rings. The van der Waals surface area contributed by atoms with E-state index in [-0.39, 0.29) is 11.8 Å². The maximum absolute atomic E-state index is 12.5. The van der Waals surface area contributed by atoms with Gasteiger partial charge in [-0.2, -0.15) is 0 Å². The summed E-state index contributed by atoms with van der Waals surface area (Å²) in [4.78, 5) is 0. The molecule has 0 amide bonds. The summed E-state index contributed by atoms with van der Waals surface area (Å²) in [5.41, 5.74) is 6.35. The van der Waals surface area contributed by atoms with Gasteiger partial charge >= 0.3 is 0 Å². The van der Waals surface area contributed by atoms with Gasteiger partial charge in [-0.05, 0) is 37.8 Å². The van der Waals surface area contributed by atoms with E-state index in [0.29, 0.717) is 34.6 Å². The maximum atomic E-state index is 12.5. The van der Waals surface area contributed by atoms with Gasteiger partial charge in [0.25, 0.3) is 0 Å². The molecule has 2 N–H and O–H groups in total. The minimum Gasteiger partial charge on any atom is -0.328 e. The summed E-state index contributed by atoms with van der Waals surface area (Å²) in [6.45, 7) is 2.99. The van der Waals surface area contributed by atoms with E-state index in [4.69, 9.17) is 28.9 Å². The van der Waals surface area contributed by atoms with Crippen LogP contribution in [0, 0.1) is 5.92 Å². The molecule has 1 aliphatic rings. The first-order valence-electron chi connectivity index (χ1n) is 6.97. The molecular weight excluding hydrogens is 331 g/mol. The van der Waals surface area contributed by atoms with Crippen molar-refractivity contribution in [2.24, 2.45) is 11.7 Å². The van der Waals surface area contributed by atoms with Gasteiger partial charge in [-0.25, -0.2) is 12.7 Å². The molecule has 1 atom stereocenters. The quantitative estimate of drug-likeness (QED) is 0.907. The first kappa shape index (κ1) is 17.0. The molecule has 7 heteroatoms. The molecule has 21 heavy (non-hydrogen) atoms. The zero-order valence-corrected chi connectivity index (χ0v) is 14.3. The van der Waals surface area contributed by atoms with Gasteiger partial charge in [0.2, 0.25) is 10.0 Å². The molecule has 1 heterocycles. The highest BCUT2D eigenvalue weighted by Gasteiger charge is 2.30. The van der Waals surface area contributed by atoms with E-state index in [1.165, 1.54) is 4.31 Å². The van der Waals surface area contributed by atoms with Crippen LogP contribution in [0.1, 0.15) is 25.3 Å². The number of rotatable bonds is 4. The van der Waals surface area contributed by atoms with Crippen LogP contribution in [0.15, 0.2) is 18.2 Å². The molecule has 0 aliphatic carbocycles. The van der Waals surface area contributed by atoms with Crippen LogP contribution in [0.25, 0.3) is 0 Å². The Kier molecular flexibility index (Phi) is 5.54. The van der Waals surface area contributed by atoms with Crippen molar-refractivity contribution >= 4 is 33.2 Å². The number of nitrogens with zero attached hydrogens (tertiary/aromatic N) is 1. The Bertz CT molecular complexity index is 577. The van der Waals surface area contributed by atoms with Gasteiger partial charge < -0.3 is 5.73 Å². The molecule has 1 aromatic rings. The maximum Gasteiger partial charge on any atom is 0.218 e. The van der Waals surface area contributed by atoms with Crippen molar-refractivity contribution in [3.63, 3.8) is 0 Å². The molecule has 1 aliphatic heterocycles. The molecule has 2 rings (SSSR count). The third kappa shape index (κ3) is 4.11. The van der Waals surface area contributed by atoms with Gasteiger partial charge in [0.05, 0.1) is 5.75 Å². The molecule has 0 radical (unpaired) electrons. The lowest BCUT2D eigenvalue weighted by Gasteiger charge is -2.33. The predicted octanol–water partition coefficient (Wildman–Crippen LogP) is 2.88. The second kappa shape index (κ2) is 6.84. The highest BCUT2D eigenvalue weighted by Crippen LogP contribution is 2.29. The van der Waals surface area contributed by atoms with Crippen molar-refractivity contribution in [1.82, 2.24) is 4.31 Å². The summed E-state index contributed by atoms with van der Waals surface area (Å²) in [6.07, 6.45) is 1.60. The van der Waals surface area contributed by atoms with Crippen LogP contribution in [0.3, 0.4) is 0 Å². The fourth-order valence-electron chi connectivity index (χ4n) is 2.62. The Labute approximate surface area is 136 Å². The van der Waals surface area contributed by atoms with Gasteiger partial charge in [0, 0.05) is 34.7 Å². The summed E-state index contributed by atoms with van der Waals surface area (Å²) in [5.74, 6) is 0.231. The van der Waals surface area contributed by atoms with Gasteiger partial charge in [-0.3, -0.25) is 0 Å². The highest BCUT2D eigenvalue weighted by atomic mass is 35.5. The average Bonchev–Trinajstić information content (AvgIpc) is 2.43. The summed E-state index contributed by atoms with van der Waals surface area (Å²) in [5, 5.41) is 0.771. The number of sulfonamides is 1. The van der Waals surface area contributed by atoms with Crippen LogP contribution in [0.4, 0.5) is 0 Å². The number of benzene rings is 1. The molecule has 118 valence electrons. The summed E-state index contributed by atoms with van der Waals surface area (Å²) in [6, 6.07) is 5.11. The van der Waals surface area contributed by atoms with Crippen LogP contribution >= 0.6 is 23.2 Å². The molecule has 0 aromatic heterocycles. The Morgan fingerprint density at radius 3 is 2.29 bits per heavy atom. The first-order chi connectivity index (χ1) is 9.81. The standard InChI is InChI=1S/C14H20Cl2N2O2S/c1-10(17)11-5-7-18(8-6-11)21(19,20)9-12-13(15)3-2-4-14(12)16/h2-4,10-11H,5-9,17H2,1H3. The van der Waals surface area contributed by atoms with E-state index in [9.17, 15) is 8.42 Å². The molecule has 0 saturated carbocycles. The van der Waals surface area contributed by atoms with Crippen molar-refractivity contribution in [3.05, 3.63) is 33.8 Å². The fourth-order valence-corrected chi connectivity index (χ4v) is 4.94. The van der Waals surface area contributed by atoms with Crippen LogP contribution in [-0.2, 0) is 15.8 Å². The van der Waals surface area contributed by atoms with E-state index in [0.717, 1.165) is 12.8 Å². The van der Waals surface area contributed by atoms with Crippen molar-refractivity contribution in [3.8, 4) is 0 Å². The molecule has 1 unspecified atom stereocenters. The molecule has 0 spiro atoms. The largest absolute Gasteiger partial charge is 0.328 e. The zero-order valence-electron chi connectivity index (χ0n) is 11.9. The van der Waals surface area contributed by atoms with Gasteiger partial charge in [0.15, 0.2) is 0 Å². The minimum atomic E-state index is -3.41. The van der Waals surface area contributed by atoms with Crippen molar-refractivity contribution in [1.29, 1.82) is 0 Å². The molecule has 0 bridgehead atoms. The van der Waals surface area contributed by atoms with Crippen LogP contribution in [-0.4, -0.2) is 31.9 Å². The van der Waals surface area contributed by atoms with E-state index < -0.39 is 10.0 Å². The monoisotopic (exact) mass is 350 g/mol. The average molecular weight is 351 g/mol. The Morgan fingerprint density at radius 1 is 1.29 bits per heavy atom. The Balaban J connectivity index is 2.10. The minimum absolute atomic E-state index is 0.105. The number of piperidine rings is 1. The second-order valence-corrected chi connectivity index (χ2v) is 8.34. The second-order valence-electron chi connectivity index (χ2n) is 5.55. The fraction of sp³-hybridized carbons (Fsp3) is 0.571. The molecule has 1 saturated heterocycles. The van der Waals surface area contributed by atoms with E-state index in [1.54, 1.807) is 18.2 Å². The lowest BCUT2D eigenvalue weighted by molar-refractivity contribution is 0.250. The lowest BCUT2D eigenvalue weighted by Crippen LogP contribution is -2.42. The summed E-state index contributed by atoms with van der Waals surface area (Å²) in [7, 11) is -3.41. The van der Waals surface area contributed by atoms with Crippen molar-refractivity contribution in [2.75, 3.05) is 13.1 Å². The molecule has 1 aromatic carbocycles. The third-order valence-electron chi connectivity index (χ3n) is 4.02. The van der Waals surface area contributed by atoms with Crippen molar-refractivity contribution < 1.29 is 8.42 Å².